The first-order chi connectivity index (χ1) is 12.3. The molecule has 8 heteroatoms. The molecule has 1 aliphatic rings. The highest BCUT2D eigenvalue weighted by atomic mass is 16.2. The van der Waals surface area contributed by atoms with Crippen molar-refractivity contribution in [3.63, 3.8) is 0 Å². The van der Waals surface area contributed by atoms with Gasteiger partial charge in [-0.2, -0.15) is 10.2 Å². The van der Waals surface area contributed by atoms with E-state index in [2.05, 4.69) is 20.4 Å². The minimum atomic E-state index is -0.112. The first-order valence-corrected chi connectivity index (χ1v) is 8.90. The van der Waals surface area contributed by atoms with Gasteiger partial charge in [0.25, 0.3) is 5.56 Å². The second-order valence-corrected chi connectivity index (χ2v) is 7.03. The lowest BCUT2D eigenvalue weighted by Crippen LogP contribution is -2.34. The van der Waals surface area contributed by atoms with Crippen LogP contribution in [0.2, 0.25) is 0 Å². The van der Waals surface area contributed by atoms with Crippen LogP contribution in [0.4, 0.5) is 5.69 Å². The Bertz CT molecular complexity index is 869. The Balaban J connectivity index is 1.51. The van der Waals surface area contributed by atoms with Crippen molar-refractivity contribution < 1.29 is 4.79 Å². The summed E-state index contributed by atoms with van der Waals surface area (Å²) >= 11 is 0. The number of aromatic nitrogens is 4. The number of carbonyl (C=O) groups is 1. The van der Waals surface area contributed by atoms with E-state index in [1.54, 1.807) is 24.0 Å². The van der Waals surface area contributed by atoms with Crippen LogP contribution in [0.3, 0.4) is 0 Å². The van der Waals surface area contributed by atoms with Crippen LogP contribution in [-0.4, -0.2) is 45.1 Å². The lowest BCUT2D eigenvalue weighted by molar-refractivity contribution is -0.122. The molecule has 0 bridgehead atoms. The van der Waals surface area contributed by atoms with Gasteiger partial charge < -0.3 is 10.2 Å². The molecule has 0 spiro atoms. The summed E-state index contributed by atoms with van der Waals surface area (Å²) in [4.78, 5) is 26.1. The normalized spacial score (nSPS) is 16.9. The fraction of sp³-hybridized carbons (Fsp3) is 0.556. The van der Waals surface area contributed by atoms with Crippen LogP contribution < -0.4 is 15.8 Å². The zero-order chi connectivity index (χ0) is 18.8. The summed E-state index contributed by atoms with van der Waals surface area (Å²) < 4.78 is 3.07. The van der Waals surface area contributed by atoms with Crippen molar-refractivity contribution in [1.29, 1.82) is 0 Å². The molecule has 2 aromatic rings. The fourth-order valence-electron chi connectivity index (χ4n) is 3.26. The first kappa shape index (κ1) is 18.2. The van der Waals surface area contributed by atoms with E-state index in [4.69, 9.17) is 0 Å². The number of hydrogen-bond acceptors (Lipinski definition) is 5. The molecule has 0 unspecified atom stereocenters. The highest BCUT2D eigenvalue weighted by Crippen LogP contribution is 2.21. The quantitative estimate of drug-likeness (QED) is 0.843. The van der Waals surface area contributed by atoms with Crippen molar-refractivity contribution in [2.75, 3.05) is 24.5 Å². The molecular formula is C18H26N6O2. The minimum Gasteiger partial charge on any atom is -0.370 e. The lowest BCUT2D eigenvalue weighted by atomic mass is 10.1. The van der Waals surface area contributed by atoms with Crippen molar-refractivity contribution in [3.05, 3.63) is 39.6 Å². The molecule has 3 rings (SSSR count). The summed E-state index contributed by atoms with van der Waals surface area (Å²) in [5.41, 5.74) is 3.86. The summed E-state index contributed by atoms with van der Waals surface area (Å²) in [6.07, 6.45) is 2.70. The fourth-order valence-corrected chi connectivity index (χ4v) is 3.26. The Morgan fingerprint density at radius 3 is 2.77 bits per heavy atom. The van der Waals surface area contributed by atoms with Crippen LogP contribution in [0.25, 0.3) is 0 Å². The first-order valence-electron chi connectivity index (χ1n) is 8.90. The second-order valence-electron chi connectivity index (χ2n) is 7.03. The molecule has 0 aromatic carbocycles. The average Bonchev–Trinajstić information content (AvgIpc) is 3.17. The maximum absolute atomic E-state index is 12.2. The van der Waals surface area contributed by atoms with Crippen LogP contribution in [0.1, 0.15) is 23.4 Å². The van der Waals surface area contributed by atoms with E-state index in [9.17, 15) is 9.59 Å². The molecule has 3 heterocycles. The zero-order valence-corrected chi connectivity index (χ0v) is 15.8. The summed E-state index contributed by atoms with van der Waals surface area (Å²) in [7, 11) is 1.64. The zero-order valence-electron chi connectivity index (χ0n) is 15.8. The Kier molecular flexibility index (Phi) is 5.11. The predicted octanol–water partition coefficient (Wildman–Crippen LogP) is 0.545. The van der Waals surface area contributed by atoms with Crippen molar-refractivity contribution in [3.8, 4) is 0 Å². The van der Waals surface area contributed by atoms with E-state index < -0.39 is 0 Å². The number of nitrogens with one attached hydrogen (secondary N) is 1. The third kappa shape index (κ3) is 3.79. The predicted molar refractivity (Wildman–Crippen MR) is 99.2 cm³/mol. The molecule has 1 aliphatic heterocycles. The smallest absolute Gasteiger partial charge is 0.268 e. The minimum absolute atomic E-state index is 0.0238. The summed E-state index contributed by atoms with van der Waals surface area (Å²) in [6.45, 7) is 8.51. The molecular weight excluding hydrogens is 332 g/mol. The molecule has 8 nitrogen and oxygen atoms in total. The molecule has 140 valence electrons. The molecule has 1 atom stereocenters. The monoisotopic (exact) mass is 358 g/mol. The Labute approximate surface area is 152 Å². The van der Waals surface area contributed by atoms with E-state index >= 15 is 0 Å². The van der Waals surface area contributed by atoms with Gasteiger partial charge in [-0.3, -0.25) is 14.3 Å². The molecule has 1 N–H and O–H groups in total. The van der Waals surface area contributed by atoms with Crippen LogP contribution in [-0.2, 0) is 18.4 Å². The molecule has 1 fully saturated rings. The molecule has 0 radical (unpaired) electrons. The van der Waals surface area contributed by atoms with Gasteiger partial charge in [0.1, 0.15) is 6.54 Å². The van der Waals surface area contributed by atoms with Gasteiger partial charge in [0.2, 0.25) is 5.91 Å². The van der Waals surface area contributed by atoms with E-state index in [-0.39, 0.29) is 18.0 Å². The molecule has 0 saturated carbocycles. The van der Waals surface area contributed by atoms with Crippen LogP contribution in [0.15, 0.2) is 17.1 Å². The highest BCUT2D eigenvalue weighted by Gasteiger charge is 2.24. The summed E-state index contributed by atoms with van der Waals surface area (Å²) in [6, 6.07) is 1.61. The molecule has 1 amide bonds. The second kappa shape index (κ2) is 7.31. The molecule has 1 saturated heterocycles. The average molecular weight is 358 g/mol. The van der Waals surface area contributed by atoms with Gasteiger partial charge in [0.15, 0.2) is 0 Å². The van der Waals surface area contributed by atoms with Gasteiger partial charge in [0, 0.05) is 38.4 Å². The largest absolute Gasteiger partial charge is 0.370 e. The van der Waals surface area contributed by atoms with Crippen molar-refractivity contribution in [2.24, 2.45) is 13.0 Å². The maximum atomic E-state index is 12.2. The number of aryl methyl sites for hydroxylation is 2. The highest BCUT2D eigenvalue weighted by molar-refractivity contribution is 5.75. The topological polar surface area (TPSA) is 85.1 Å². The maximum Gasteiger partial charge on any atom is 0.268 e. The van der Waals surface area contributed by atoms with Crippen molar-refractivity contribution >= 4 is 11.6 Å². The van der Waals surface area contributed by atoms with E-state index in [1.165, 1.54) is 4.68 Å². The van der Waals surface area contributed by atoms with Gasteiger partial charge in [-0.05, 0) is 38.7 Å². The molecule has 0 aliphatic carbocycles. The van der Waals surface area contributed by atoms with Gasteiger partial charge in [-0.15, -0.1) is 0 Å². The standard InChI is InChI=1S/C18H26N6O2/c1-12-13(2)21-24(14(12)3)11-17(25)19-8-15-5-6-23(10-15)16-7-18(26)22(4)20-9-16/h7,9,15H,5-6,8,10-11H2,1-4H3,(H,19,25)/t15-/m1/s1. The number of hydrogen-bond donors (Lipinski definition) is 1. The van der Waals surface area contributed by atoms with Crippen LogP contribution in [0, 0.1) is 26.7 Å². The van der Waals surface area contributed by atoms with E-state index in [0.29, 0.717) is 12.5 Å². The Morgan fingerprint density at radius 1 is 1.35 bits per heavy atom. The van der Waals surface area contributed by atoms with E-state index in [1.807, 2.05) is 20.8 Å². The van der Waals surface area contributed by atoms with Gasteiger partial charge in [-0.25, -0.2) is 4.68 Å². The number of amides is 1. The number of rotatable bonds is 5. The summed E-state index contributed by atoms with van der Waals surface area (Å²) in [5, 5.41) is 11.5. The Morgan fingerprint density at radius 2 is 2.12 bits per heavy atom. The van der Waals surface area contributed by atoms with Crippen molar-refractivity contribution in [1.82, 2.24) is 24.9 Å². The number of carbonyl (C=O) groups excluding carboxylic acids is 1. The molecule has 2 aromatic heterocycles. The Hall–Kier alpha value is -2.64. The summed E-state index contributed by atoms with van der Waals surface area (Å²) in [5.74, 6) is 0.342. The van der Waals surface area contributed by atoms with Crippen molar-refractivity contribution in [2.45, 2.75) is 33.7 Å². The van der Waals surface area contributed by atoms with E-state index in [0.717, 1.165) is 42.1 Å². The number of anilines is 1. The van der Waals surface area contributed by atoms with Gasteiger partial charge in [-0.1, -0.05) is 0 Å². The third-order valence-electron chi connectivity index (χ3n) is 5.23. The van der Waals surface area contributed by atoms with Gasteiger partial charge in [0.05, 0.1) is 17.6 Å². The third-order valence-corrected chi connectivity index (χ3v) is 5.23. The lowest BCUT2D eigenvalue weighted by Gasteiger charge is -2.18. The SMILES string of the molecule is Cc1nn(CC(=O)NC[C@H]2CCN(c3cnn(C)c(=O)c3)C2)c(C)c1C. The molecule has 26 heavy (non-hydrogen) atoms. The van der Waals surface area contributed by atoms with Crippen LogP contribution in [0.5, 0.6) is 0 Å². The van der Waals surface area contributed by atoms with Crippen LogP contribution >= 0.6 is 0 Å². The number of nitrogens with zero attached hydrogens (tertiary/aromatic N) is 5. The van der Waals surface area contributed by atoms with Gasteiger partial charge >= 0.3 is 0 Å².